The molecule has 7 heteroatoms. The summed E-state index contributed by atoms with van der Waals surface area (Å²) in [5.41, 5.74) is 2.45. The largest absolute Gasteiger partial charge is 0.487 e. The van der Waals surface area contributed by atoms with E-state index < -0.39 is 11.7 Å². The Morgan fingerprint density at radius 1 is 0.889 bits per heavy atom. The first-order valence-electron chi connectivity index (χ1n) is 11.4. The van der Waals surface area contributed by atoms with Gasteiger partial charge in [0.05, 0.1) is 5.56 Å². The van der Waals surface area contributed by atoms with Gasteiger partial charge in [0.2, 0.25) is 5.89 Å². The number of hydrogen-bond donors (Lipinski definition) is 0. The molecule has 0 N–H and O–H groups in total. The van der Waals surface area contributed by atoms with Crippen molar-refractivity contribution in [3.05, 3.63) is 107 Å². The molecular formula is C29H26F3NO3. The number of carbonyl (C=O) groups is 1. The molecule has 0 unspecified atom stereocenters. The monoisotopic (exact) mass is 493 g/mol. The van der Waals surface area contributed by atoms with Crippen molar-refractivity contribution in [3.63, 3.8) is 0 Å². The maximum atomic E-state index is 13.0. The zero-order chi connectivity index (χ0) is 26.1. The van der Waals surface area contributed by atoms with Crippen LogP contribution < -0.4 is 4.74 Å². The highest BCUT2D eigenvalue weighted by molar-refractivity contribution is 6.09. The SMILES string of the molecule is Cc1oc(-c2ccc(C(F)(F)F)cc2)nc1COc1cccc(C(=O)c2ccc(C(C)(C)C)cc2)c1. The number of nitrogens with zero attached hydrogens (tertiary/aromatic N) is 1. The normalized spacial score (nSPS) is 12.0. The molecule has 0 bridgehead atoms. The second kappa shape index (κ2) is 9.64. The van der Waals surface area contributed by atoms with Gasteiger partial charge in [-0.2, -0.15) is 13.2 Å². The first kappa shape index (κ1) is 25.2. The molecule has 0 saturated heterocycles. The van der Waals surface area contributed by atoms with Gasteiger partial charge in [0.15, 0.2) is 5.78 Å². The lowest BCUT2D eigenvalue weighted by atomic mass is 9.86. The third-order valence-electron chi connectivity index (χ3n) is 5.84. The van der Waals surface area contributed by atoms with Crippen LogP contribution in [0.15, 0.2) is 77.2 Å². The van der Waals surface area contributed by atoms with Crippen LogP contribution in [0.5, 0.6) is 5.75 Å². The zero-order valence-corrected chi connectivity index (χ0v) is 20.4. The Hall–Kier alpha value is -3.87. The van der Waals surface area contributed by atoms with Gasteiger partial charge in [-0.25, -0.2) is 4.98 Å². The molecule has 0 saturated carbocycles. The minimum absolute atomic E-state index is 0.000960. The molecule has 3 aromatic carbocycles. The molecule has 36 heavy (non-hydrogen) atoms. The number of aromatic nitrogens is 1. The van der Waals surface area contributed by atoms with E-state index in [0.717, 1.165) is 17.7 Å². The van der Waals surface area contributed by atoms with Crippen LogP contribution in [-0.2, 0) is 18.2 Å². The van der Waals surface area contributed by atoms with Crippen molar-refractivity contribution in [2.24, 2.45) is 0 Å². The van der Waals surface area contributed by atoms with Crippen LogP contribution in [0.3, 0.4) is 0 Å². The smallest absolute Gasteiger partial charge is 0.416 e. The van der Waals surface area contributed by atoms with Gasteiger partial charge >= 0.3 is 6.18 Å². The summed E-state index contributed by atoms with van der Waals surface area (Å²) in [6.07, 6.45) is -4.41. The van der Waals surface area contributed by atoms with Gasteiger partial charge in [0, 0.05) is 16.7 Å². The molecule has 0 aliphatic rings. The second-order valence-electron chi connectivity index (χ2n) is 9.57. The van der Waals surface area contributed by atoms with Gasteiger partial charge in [-0.05, 0) is 54.3 Å². The Morgan fingerprint density at radius 2 is 1.53 bits per heavy atom. The molecule has 1 heterocycles. The Bertz CT molecular complexity index is 1360. The number of halogens is 3. The number of carbonyl (C=O) groups excluding carboxylic acids is 1. The number of aryl methyl sites for hydroxylation is 1. The quantitative estimate of drug-likeness (QED) is 0.257. The van der Waals surface area contributed by atoms with Crippen LogP contribution in [0, 0.1) is 6.92 Å². The minimum atomic E-state index is -4.41. The lowest BCUT2D eigenvalue weighted by Gasteiger charge is -2.19. The third-order valence-corrected chi connectivity index (χ3v) is 5.84. The van der Waals surface area contributed by atoms with Gasteiger partial charge in [-0.3, -0.25) is 4.79 Å². The van der Waals surface area contributed by atoms with Crippen LogP contribution in [0.4, 0.5) is 13.2 Å². The fourth-order valence-corrected chi connectivity index (χ4v) is 3.65. The molecule has 0 atom stereocenters. The molecule has 0 radical (unpaired) electrons. The highest BCUT2D eigenvalue weighted by atomic mass is 19.4. The Kier molecular flexibility index (Phi) is 6.76. The molecule has 4 nitrogen and oxygen atoms in total. The van der Waals surface area contributed by atoms with Crippen LogP contribution in [-0.4, -0.2) is 10.8 Å². The zero-order valence-electron chi connectivity index (χ0n) is 20.4. The van der Waals surface area contributed by atoms with Gasteiger partial charge in [0.1, 0.15) is 23.8 Å². The van der Waals surface area contributed by atoms with Gasteiger partial charge in [0.25, 0.3) is 0 Å². The fraction of sp³-hybridized carbons (Fsp3) is 0.241. The maximum absolute atomic E-state index is 13.0. The second-order valence-corrected chi connectivity index (χ2v) is 9.57. The van der Waals surface area contributed by atoms with Crippen LogP contribution >= 0.6 is 0 Å². The summed E-state index contributed by atoms with van der Waals surface area (Å²) in [4.78, 5) is 17.4. The van der Waals surface area contributed by atoms with Gasteiger partial charge in [-0.15, -0.1) is 0 Å². The van der Waals surface area contributed by atoms with Crippen molar-refractivity contribution < 1.29 is 27.1 Å². The molecular weight excluding hydrogens is 467 g/mol. The summed E-state index contributed by atoms with van der Waals surface area (Å²) < 4.78 is 49.9. The van der Waals surface area contributed by atoms with Crippen LogP contribution in [0.2, 0.25) is 0 Å². The van der Waals surface area contributed by atoms with E-state index in [1.807, 2.05) is 24.3 Å². The topological polar surface area (TPSA) is 52.3 Å². The van der Waals surface area contributed by atoms with Crippen molar-refractivity contribution in [2.45, 2.75) is 45.9 Å². The highest BCUT2D eigenvalue weighted by Crippen LogP contribution is 2.31. The molecule has 4 aromatic rings. The van der Waals surface area contributed by atoms with E-state index in [4.69, 9.17) is 9.15 Å². The van der Waals surface area contributed by atoms with Gasteiger partial charge < -0.3 is 9.15 Å². The molecule has 0 amide bonds. The van der Waals surface area contributed by atoms with Crippen LogP contribution in [0.1, 0.15) is 59.3 Å². The average Bonchev–Trinajstić information content (AvgIpc) is 3.22. The first-order valence-corrected chi connectivity index (χ1v) is 11.4. The maximum Gasteiger partial charge on any atom is 0.416 e. The summed E-state index contributed by atoms with van der Waals surface area (Å²) in [6, 6.07) is 19.1. The molecule has 0 aliphatic carbocycles. The van der Waals surface area contributed by atoms with E-state index in [1.165, 1.54) is 12.1 Å². The number of ether oxygens (including phenoxy) is 1. The number of hydrogen-bond acceptors (Lipinski definition) is 4. The molecule has 0 fully saturated rings. The van der Waals surface area contributed by atoms with E-state index in [1.54, 1.807) is 31.2 Å². The molecule has 186 valence electrons. The summed E-state index contributed by atoms with van der Waals surface area (Å²) in [7, 11) is 0. The van der Waals surface area contributed by atoms with Crippen molar-refractivity contribution in [3.8, 4) is 17.2 Å². The van der Waals surface area contributed by atoms with Crippen LogP contribution in [0.25, 0.3) is 11.5 Å². The number of rotatable bonds is 6. The van der Waals surface area contributed by atoms with Gasteiger partial charge in [-0.1, -0.05) is 57.2 Å². The number of benzene rings is 3. The van der Waals surface area contributed by atoms with E-state index in [0.29, 0.717) is 33.9 Å². The summed E-state index contributed by atoms with van der Waals surface area (Å²) in [5.74, 6) is 1.09. The van der Waals surface area contributed by atoms with E-state index in [2.05, 4.69) is 25.8 Å². The lowest BCUT2D eigenvalue weighted by Crippen LogP contribution is -2.11. The Labute approximate surface area is 207 Å². The number of alkyl halides is 3. The minimum Gasteiger partial charge on any atom is -0.487 e. The van der Waals surface area contributed by atoms with E-state index in [-0.39, 0.29) is 23.7 Å². The molecule has 1 aromatic heterocycles. The lowest BCUT2D eigenvalue weighted by molar-refractivity contribution is -0.137. The van der Waals surface area contributed by atoms with Crippen molar-refractivity contribution in [1.29, 1.82) is 0 Å². The summed E-state index contributed by atoms with van der Waals surface area (Å²) in [5, 5.41) is 0. The molecule has 0 spiro atoms. The molecule has 0 aliphatic heterocycles. The number of oxazole rings is 1. The predicted molar refractivity (Wildman–Crippen MR) is 131 cm³/mol. The Morgan fingerprint density at radius 3 is 2.14 bits per heavy atom. The van der Waals surface area contributed by atoms with E-state index >= 15 is 0 Å². The summed E-state index contributed by atoms with van der Waals surface area (Å²) >= 11 is 0. The summed E-state index contributed by atoms with van der Waals surface area (Å²) in [6.45, 7) is 8.14. The van der Waals surface area contributed by atoms with Crippen molar-refractivity contribution >= 4 is 5.78 Å². The fourth-order valence-electron chi connectivity index (χ4n) is 3.65. The predicted octanol–water partition coefficient (Wildman–Crippen LogP) is 7.78. The van der Waals surface area contributed by atoms with E-state index in [9.17, 15) is 18.0 Å². The highest BCUT2D eigenvalue weighted by Gasteiger charge is 2.30. The Balaban J connectivity index is 1.45. The first-order chi connectivity index (χ1) is 16.9. The molecule has 4 rings (SSSR count). The average molecular weight is 494 g/mol. The van der Waals surface area contributed by atoms with Crippen molar-refractivity contribution in [1.82, 2.24) is 4.98 Å². The van der Waals surface area contributed by atoms with Crippen molar-refractivity contribution in [2.75, 3.05) is 0 Å². The standard InChI is InChI=1S/C29H26F3NO3/c1-18-25(33-27(36-18)20-10-14-23(15-11-20)29(30,31)32)17-35-24-7-5-6-21(16-24)26(34)19-8-12-22(13-9-19)28(2,3)4/h5-16H,17H2,1-4H3. The third kappa shape index (κ3) is 5.67. The number of ketones is 1.